The maximum absolute atomic E-state index is 5.86. The van der Waals surface area contributed by atoms with E-state index in [1.165, 1.54) is 0 Å². The van der Waals surface area contributed by atoms with E-state index < -0.39 is 0 Å². The largest absolute Gasteiger partial charge is 0.490 e. The van der Waals surface area contributed by atoms with Crippen LogP contribution in [0, 0.1) is 0 Å². The smallest absolute Gasteiger partial charge is 0.161 e. The summed E-state index contributed by atoms with van der Waals surface area (Å²) in [5.41, 5.74) is 6.86. The monoisotopic (exact) mass is 208 g/mol. The molecule has 0 spiro atoms. The molecular weight excluding hydrogens is 192 g/mol. The number of hydrogen-bond acceptors (Lipinski definition) is 4. The molecule has 4 nitrogen and oxygen atoms in total. The van der Waals surface area contributed by atoms with Crippen LogP contribution in [-0.2, 0) is 0 Å². The van der Waals surface area contributed by atoms with Crippen LogP contribution < -0.4 is 20.5 Å². The molecule has 0 fully saturated rings. The number of fused-ring (bicyclic) bond motifs is 1. The lowest BCUT2D eigenvalue weighted by Gasteiger charge is -2.13. The Morgan fingerprint density at radius 2 is 2.00 bits per heavy atom. The average Bonchev–Trinajstić information content (AvgIpc) is 2.51. The second-order valence-electron chi connectivity index (χ2n) is 3.52. The van der Waals surface area contributed by atoms with Crippen molar-refractivity contribution in [3.05, 3.63) is 23.8 Å². The van der Waals surface area contributed by atoms with E-state index in [1.807, 2.05) is 25.2 Å². The first-order valence-electron chi connectivity index (χ1n) is 5.13. The molecule has 15 heavy (non-hydrogen) atoms. The summed E-state index contributed by atoms with van der Waals surface area (Å²) >= 11 is 0. The molecule has 2 rings (SSSR count). The van der Waals surface area contributed by atoms with Gasteiger partial charge in [0, 0.05) is 6.42 Å². The molecule has 0 aliphatic carbocycles. The molecule has 0 bridgehead atoms. The lowest BCUT2D eigenvalue weighted by Crippen LogP contribution is -2.24. The van der Waals surface area contributed by atoms with Crippen LogP contribution in [0.4, 0.5) is 0 Å². The fourth-order valence-electron chi connectivity index (χ4n) is 1.54. The van der Waals surface area contributed by atoms with Gasteiger partial charge in [-0.1, -0.05) is 6.07 Å². The van der Waals surface area contributed by atoms with Crippen molar-refractivity contribution in [1.29, 1.82) is 0 Å². The van der Waals surface area contributed by atoms with Gasteiger partial charge in [-0.3, -0.25) is 0 Å². The molecule has 0 saturated carbocycles. The van der Waals surface area contributed by atoms with E-state index in [-0.39, 0.29) is 6.17 Å². The molecule has 0 amide bonds. The topological polar surface area (TPSA) is 56.5 Å². The Morgan fingerprint density at radius 1 is 1.27 bits per heavy atom. The number of nitrogens with one attached hydrogen (secondary N) is 1. The van der Waals surface area contributed by atoms with Crippen molar-refractivity contribution in [2.24, 2.45) is 5.73 Å². The van der Waals surface area contributed by atoms with E-state index >= 15 is 0 Å². The van der Waals surface area contributed by atoms with Crippen molar-refractivity contribution >= 4 is 0 Å². The van der Waals surface area contributed by atoms with E-state index in [2.05, 4.69) is 5.32 Å². The van der Waals surface area contributed by atoms with E-state index in [9.17, 15) is 0 Å². The van der Waals surface area contributed by atoms with Gasteiger partial charge in [0.15, 0.2) is 11.5 Å². The van der Waals surface area contributed by atoms with E-state index in [4.69, 9.17) is 15.2 Å². The Hall–Kier alpha value is -1.26. The van der Waals surface area contributed by atoms with Crippen LogP contribution in [0.1, 0.15) is 18.2 Å². The van der Waals surface area contributed by atoms with Crippen LogP contribution in [-0.4, -0.2) is 20.3 Å². The van der Waals surface area contributed by atoms with Crippen LogP contribution in [0.15, 0.2) is 18.2 Å². The van der Waals surface area contributed by atoms with Crippen LogP contribution in [0.2, 0.25) is 0 Å². The van der Waals surface area contributed by atoms with Crippen LogP contribution in [0.3, 0.4) is 0 Å². The van der Waals surface area contributed by atoms with Gasteiger partial charge in [-0.25, -0.2) is 0 Å². The fourth-order valence-corrected chi connectivity index (χ4v) is 1.54. The zero-order valence-corrected chi connectivity index (χ0v) is 8.82. The summed E-state index contributed by atoms with van der Waals surface area (Å²) in [5.74, 6) is 1.59. The summed E-state index contributed by atoms with van der Waals surface area (Å²) in [4.78, 5) is 0. The summed E-state index contributed by atoms with van der Waals surface area (Å²) in [5, 5.41) is 2.99. The third-order valence-corrected chi connectivity index (χ3v) is 2.44. The van der Waals surface area contributed by atoms with Gasteiger partial charge in [-0.2, -0.15) is 0 Å². The molecule has 1 aromatic carbocycles. The summed E-state index contributed by atoms with van der Waals surface area (Å²) < 4.78 is 11.1. The SMILES string of the molecule is CNC(N)c1ccc2c(c1)OCCCO2. The van der Waals surface area contributed by atoms with Crippen molar-refractivity contribution in [2.75, 3.05) is 20.3 Å². The molecule has 3 N–H and O–H groups in total. The third kappa shape index (κ3) is 2.22. The van der Waals surface area contributed by atoms with Crippen LogP contribution >= 0.6 is 0 Å². The highest BCUT2D eigenvalue weighted by Crippen LogP contribution is 2.31. The first kappa shape index (κ1) is 10.3. The fraction of sp³-hybridized carbons (Fsp3) is 0.455. The molecule has 1 unspecified atom stereocenters. The highest BCUT2D eigenvalue weighted by molar-refractivity contribution is 5.44. The van der Waals surface area contributed by atoms with Crippen molar-refractivity contribution in [3.63, 3.8) is 0 Å². The lowest BCUT2D eigenvalue weighted by molar-refractivity contribution is 0.297. The Kier molecular flexibility index (Phi) is 3.08. The van der Waals surface area contributed by atoms with Gasteiger partial charge in [0.1, 0.15) is 0 Å². The summed E-state index contributed by atoms with van der Waals surface area (Å²) in [6.45, 7) is 1.41. The van der Waals surface area contributed by atoms with Gasteiger partial charge in [-0.15, -0.1) is 0 Å². The summed E-state index contributed by atoms with van der Waals surface area (Å²) in [6.07, 6.45) is 0.754. The molecule has 1 atom stereocenters. The van der Waals surface area contributed by atoms with Crippen LogP contribution in [0.5, 0.6) is 11.5 Å². The Bertz CT molecular complexity index is 341. The van der Waals surface area contributed by atoms with Crippen molar-refractivity contribution in [3.8, 4) is 11.5 Å². The molecule has 1 aromatic rings. The number of rotatable bonds is 2. The molecule has 1 heterocycles. The van der Waals surface area contributed by atoms with E-state index in [0.29, 0.717) is 13.2 Å². The normalized spacial score (nSPS) is 16.9. The third-order valence-electron chi connectivity index (χ3n) is 2.44. The molecule has 1 aliphatic heterocycles. The Balaban J connectivity index is 2.27. The lowest BCUT2D eigenvalue weighted by atomic mass is 10.1. The van der Waals surface area contributed by atoms with Crippen LogP contribution in [0.25, 0.3) is 0 Å². The quantitative estimate of drug-likeness (QED) is 0.713. The van der Waals surface area contributed by atoms with Gasteiger partial charge in [-0.05, 0) is 24.7 Å². The highest BCUT2D eigenvalue weighted by atomic mass is 16.5. The second kappa shape index (κ2) is 4.51. The predicted octanol–water partition coefficient (Wildman–Crippen LogP) is 1.02. The minimum Gasteiger partial charge on any atom is -0.490 e. The first-order valence-corrected chi connectivity index (χ1v) is 5.13. The zero-order valence-electron chi connectivity index (χ0n) is 8.82. The molecule has 0 saturated heterocycles. The molecule has 0 radical (unpaired) electrons. The Labute approximate surface area is 89.4 Å². The number of ether oxygens (including phenoxy) is 2. The molecule has 82 valence electrons. The van der Waals surface area contributed by atoms with Crippen molar-refractivity contribution in [2.45, 2.75) is 12.6 Å². The minimum absolute atomic E-state index is 0.165. The van der Waals surface area contributed by atoms with E-state index in [1.54, 1.807) is 0 Å². The average molecular weight is 208 g/mol. The second-order valence-corrected chi connectivity index (χ2v) is 3.52. The maximum atomic E-state index is 5.86. The molecule has 4 heteroatoms. The standard InChI is InChI=1S/C11H16N2O2/c1-13-11(12)8-3-4-9-10(7-8)15-6-2-5-14-9/h3-4,7,11,13H,2,5-6,12H2,1H3. The van der Waals surface area contributed by atoms with Gasteiger partial charge < -0.3 is 20.5 Å². The van der Waals surface area contributed by atoms with Gasteiger partial charge in [0.05, 0.1) is 19.4 Å². The molecule has 0 aromatic heterocycles. The summed E-state index contributed by atoms with van der Waals surface area (Å²) in [7, 11) is 1.83. The minimum atomic E-state index is -0.165. The van der Waals surface area contributed by atoms with Gasteiger partial charge in [0.2, 0.25) is 0 Å². The Morgan fingerprint density at radius 3 is 2.73 bits per heavy atom. The number of benzene rings is 1. The van der Waals surface area contributed by atoms with Gasteiger partial charge >= 0.3 is 0 Å². The molecular formula is C11H16N2O2. The maximum Gasteiger partial charge on any atom is 0.161 e. The zero-order chi connectivity index (χ0) is 10.7. The van der Waals surface area contributed by atoms with Gasteiger partial charge in [0.25, 0.3) is 0 Å². The van der Waals surface area contributed by atoms with E-state index in [0.717, 1.165) is 23.5 Å². The first-order chi connectivity index (χ1) is 7.31. The number of hydrogen-bond donors (Lipinski definition) is 2. The number of nitrogens with two attached hydrogens (primary N) is 1. The molecule has 1 aliphatic rings. The highest BCUT2D eigenvalue weighted by Gasteiger charge is 2.12. The predicted molar refractivity (Wildman–Crippen MR) is 58.0 cm³/mol. The van der Waals surface area contributed by atoms with Crippen molar-refractivity contribution in [1.82, 2.24) is 5.32 Å². The summed E-state index contributed by atoms with van der Waals surface area (Å²) in [6, 6.07) is 5.80. The van der Waals surface area contributed by atoms with Crippen molar-refractivity contribution < 1.29 is 9.47 Å².